The molecule has 1 aromatic carbocycles. The first-order valence-electron chi connectivity index (χ1n) is 4.61. The van der Waals surface area contributed by atoms with Crippen molar-refractivity contribution in [3.63, 3.8) is 0 Å². The molecule has 0 saturated heterocycles. The highest BCUT2D eigenvalue weighted by molar-refractivity contribution is 5.38. The van der Waals surface area contributed by atoms with E-state index in [4.69, 9.17) is 0 Å². The molecule has 0 bridgehead atoms. The maximum absolute atomic E-state index is 13.9. The minimum atomic E-state index is -2.26. The molecule has 1 atom stereocenters. The molecule has 1 aliphatic rings. The fraction of sp³-hybridized carbons (Fsp3) is 0.400. The Hall–Kier alpha value is -1.17. The SMILES string of the molecule is CC1(F)CNCc2c(F)c(F)c(F)c(F)c21. The molecule has 6 heteroatoms. The van der Waals surface area contributed by atoms with Crippen LogP contribution < -0.4 is 5.32 Å². The quantitative estimate of drug-likeness (QED) is 0.415. The summed E-state index contributed by atoms with van der Waals surface area (Å²) in [5.41, 5.74) is -3.48. The molecule has 1 heterocycles. The lowest BCUT2D eigenvalue weighted by Crippen LogP contribution is -2.40. The predicted molar refractivity (Wildman–Crippen MR) is 46.4 cm³/mol. The maximum atomic E-state index is 13.9. The molecular formula is C10H8F5N. The third kappa shape index (κ3) is 1.40. The summed E-state index contributed by atoms with van der Waals surface area (Å²) in [6, 6.07) is 0. The van der Waals surface area contributed by atoms with Crippen molar-refractivity contribution in [2.24, 2.45) is 0 Å². The largest absolute Gasteiger partial charge is 0.309 e. The van der Waals surface area contributed by atoms with Crippen molar-refractivity contribution in [2.45, 2.75) is 19.1 Å². The van der Waals surface area contributed by atoms with E-state index in [2.05, 4.69) is 5.32 Å². The van der Waals surface area contributed by atoms with Crippen LogP contribution in [0.3, 0.4) is 0 Å². The van der Waals surface area contributed by atoms with Crippen molar-refractivity contribution in [2.75, 3.05) is 6.54 Å². The van der Waals surface area contributed by atoms with Crippen LogP contribution in [0.5, 0.6) is 0 Å². The lowest BCUT2D eigenvalue weighted by molar-refractivity contribution is 0.161. The van der Waals surface area contributed by atoms with Crippen LogP contribution in [-0.4, -0.2) is 6.54 Å². The van der Waals surface area contributed by atoms with E-state index in [1.807, 2.05) is 0 Å². The van der Waals surface area contributed by atoms with Gasteiger partial charge in [0.15, 0.2) is 23.3 Å². The van der Waals surface area contributed by atoms with Gasteiger partial charge in [0.05, 0.1) is 0 Å². The molecule has 0 saturated carbocycles. The van der Waals surface area contributed by atoms with E-state index in [-0.39, 0.29) is 13.1 Å². The van der Waals surface area contributed by atoms with E-state index in [0.29, 0.717) is 0 Å². The lowest BCUT2D eigenvalue weighted by Gasteiger charge is -2.30. The number of fused-ring (bicyclic) bond motifs is 1. The molecule has 1 aromatic rings. The fourth-order valence-corrected chi connectivity index (χ4v) is 1.90. The maximum Gasteiger partial charge on any atom is 0.197 e. The summed E-state index contributed by atoms with van der Waals surface area (Å²) in [7, 11) is 0. The Balaban J connectivity index is 2.81. The van der Waals surface area contributed by atoms with Gasteiger partial charge in [-0.1, -0.05) is 0 Å². The Morgan fingerprint density at radius 1 is 1.00 bits per heavy atom. The second-order valence-electron chi connectivity index (χ2n) is 3.91. The minimum absolute atomic E-state index is 0.227. The fourth-order valence-electron chi connectivity index (χ4n) is 1.90. The van der Waals surface area contributed by atoms with Gasteiger partial charge in [-0.05, 0) is 6.92 Å². The topological polar surface area (TPSA) is 12.0 Å². The van der Waals surface area contributed by atoms with Crippen molar-refractivity contribution in [3.05, 3.63) is 34.4 Å². The molecule has 88 valence electrons. The highest BCUT2D eigenvalue weighted by Crippen LogP contribution is 2.36. The van der Waals surface area contributed by atoms with E-state index < -0.39 is 40.1 Å². The van der Waals surface area contributed by atoms with Gasteiger partial charge in [0.25, 0.3) is 0 Å². The summed E-state index contributed by atoms with van der Waals surface area (Å²) < 4.78 is 66.3. The molecule has 0 aliphatic carbocycles. The van der Waals surface area contributed by atoms with Gasteiger partial charge >= 0.3 is 0 Å². The normalized spacial score (nSPS) is 24.4. The van der Waals surface area contributed by atoms with Gasteiger partial charge in [-0.2, -0.15) is 0 Å². The Labute approximate surface area is 88.3 Å². The average molecular weight is 237 g/mol. The molecule has 1 N–H and O–H groups in total. The van der Waals surface area contributed by atoms with Crippen LogP contribution in [0.1, 0.15) is 18.1 Å². The molecule has 1 unspecified atom stereocenters. The molecule has 16 heavy (non-hydrogen) atoms. The number of alkyl halides is 1. The van der Waals surface area contributed by atoms with Crippen LogP contribution in [0.2, 0.25) is 0 Å². The standard InChI is InChI=1S/C10H8F5N/c1-10(15)3-16-2-4-5(10)7(12)9(14)8(13)6(4)11/h16H,2-3H2,1H3. The molecule has 0 amide bonds. The predicted octanol–water partition coefficient (Wildman–Crippen LogP) is 2.53. The summed E-state index contributed by atoms with van der Waals surface area (Å²) >= 11 is 0. The molecular weight excluding hydrogens is 229 g/mol. The van der Waals surface area contributed by atoms with E-state index in [1.54, 1.807) is 0 Å². The molecule has 0 fully saturated rings. The molecule has 1 nitrogen and oxygen atoms in total. The van der Waals surface area contributed by atoms with Gasteiger partial charge in [0.1, 0.15) is 5.67 Å². The summed E-state index contributed by atoms with van der Waals surface area (Å²) in [6.07, 6.45) is 0. The monoisotopic (exact) mass is 237 g/mol. The van der Waals surface area contributed by atoms with Gasteiger partial charge in [0, 0.05) is 24.2 Å². The third-order valence-corrected chi connectivity index (χ3v) is 2.64. The van der Waals surface area contributed by atoms with Crippen LogP contribution in [0.15, 0.2) is 0 Å². The van der Waals surface area contributed by atoms with Crippen molar-refractivity contribution >= 4 is 0 Å². The highest BCUT2D eigenvalue weighted by Gasteiger charge is 2.39. The zero-order valence-electron chi connectivity index (χ0n) is 8.30. The first kappa shape index (κ1) is 11.3. The van der Waals surface area contributed by atoms with E-state index in [1.165, 1.54) is 0 Å². The Morgan fingerprint density at radius 2 is 1.56 bits per heavy atom. The van der Waals surface area contributed by atoms with Gasteiger partial charge in [-0.15, -0.1) is 0 Å². The number of nitrogens with one attached hydrogen (secondary N) is 1. The second kappa shape index (κ2) is 3.41. The number of hydrogen-bond acceptors (Lipinski definition) is 1. The van der Waals surface area contributed by atoms with Crippen molar-refractivity contribution in [3.8, 4) is 0 Å². The first-order chi connectivity index (χ1) is 7.36. The Bertz CT molecular complexity index is 455. The summed E-state index contributed by atoms with van der Waals surface area (Å²) in [5, 5.41) is 2.48. The van der Waals surface area contributed by atoms with E-state index >= 15 is 0 Å². The summed E-state index contributed by atoms with van der Waals surface area (Å²) in [5.74, 6) is -7.07. The van der Waals surface area contributed by atoms with Crippen LogP contribution in [0, 0.1) is 23.3 Å². The molecule has 0 spiro atoms. The second-order valence-corrected chi connectivity index (χ2v) is 3.91. The van der Waals surface area contributed by atoms with Crippen molar-refractivity contribution in [1.29, 1.82) is 0 Å². The molecule has 0 radical (unpaired) electrons. The molecule has 0 aromatic heterocycles. The summed E-state index contributed by atoms with van der Waals surface area (Å²) in [4.78, 5) is 0. The zero-order chi connectivity index (χ0) is 12.1. The number of rotatable bonds is 0. The van der Waals surface area contributed by atoms with E-state index in [0.717, 1.165) is 6.92 Å². The lowest BCUT2D eigenvalue weighted by atomic mass is 9.88. The van der Waals surface area contributed by atoms with Crippen LogP contribution >= 0.6 is 0 Å². The first-order valence-corrected chi connectivity index (χ1v) is 4.61. The van der Waals surface area contributed by atoms with Gasteiger partial charge in [0.2, 0.25) is 0 Å². The van der Waals surface area contributed by atoms with Gasteiger partial charge < -0.3 is 5.32 Å². The average Bonchev–Trinajstić information content (AvgIpc) is 2.21. The van der Waals surface area contributed by atoms with Crippen LogP contribution in [0.25, 0.3) is 0 Å². The Kier molecular flexibility index (Phi) is 2.41. The van der Waals surface area contributed by atoms with Crippen LogP contribution in [-0.2, 0) is 12.2 Å². The number of benzene rings is 1. The van der Waals surface area contributed by atoms with Gasteiger partial charge in [-0.25, -0.2) is 22.0 Å². The number of hydrogen-bond donors (Lipinski definition) is 1. The molecule has 1 aliphatic heterocycles. The van der Waals surface area contributed by atoms with Crippen LogP contribution in [0.4, 0.5) is 22.0 Å². The minimum Gasteiger partial charge on any atom is -0.309 e. The van der Waals surface area contributed by atoms with Crippen molar-refractivity contribution < 1.29 is 22.0 Å². The smallest absolute Gasteiger partial charge is 0.197 e. The Morgan fingerprint density at radius 3 is 2.19 bits per heavy atom. The third-order valence-electron chi connectivity index (χ3n) is 2.64. The van der Waals surface area contributed by atoms with Gasteiger partial charge in [-0.3, -0.25) is 0 Å². The highest BCUT2D eigenvalue weighted by atomic mass is 19.2. The van der Waals surface area contributed by atoms with Crippen molar-refractivity contribution in [1.82, 2.24) is 5.32 Å². The summed E-state index contributed by atoms with van der Waals surface area (Å²) in [6.45, 7) is 0.480. The molecule has 2 rings (SSSR count). The number of halogens is 5. The van der Waals surface area contributed by atoms with E-state index in [9.17, 15) is 22.0 Å². The zero-order valence-corrected chi connectivity index (χ0v) is 8.30.